The molecule has 0 aromatic heterocycles. The zero-order valence-electron chi connectivity index (χ0n) is 10.5. The van der Waals surface area contributed by atoms with Crippen molar-refractivity contribution < 1.29 is 19.1 Å². The van der Waals surface area contributed by atoms with E-state index in [1.807, 2.05) is 0 Å². The highest BCUT2D eigenvalue weighted by Crippen LogP contribution is 2.32. The fourth-order valence-corrected chi connectivity index (χ4v) is 1.60. The van der Waals surface area contributed by atoms with Gasteiger partial charge in [0.1, 0.15) is 11.1 Å². The van der Waals surface area contributed by atoms with Crippen LogP contribution in [-0.2, 0) is 14.3 Å². The Kier molecular flexibility index (Phi) is 3.17. The zero-order valence-corrected chi connectivity index (χ0v) is 10.5. The number of rotatable bonds is 1. The molecule has 5 nitrogen and oxygen atoms in total. The van der Waals surface area contributed by atoms with Gasteiger partial charge in [-0.1, -0.05) is 0 Å². The van der Waals surface area contributed by atoms with Crippen LogP contribution in [0.2, 0.25) is 0 Å². The Morgan fingerprint density at radius 3 is 2.19 bits per heavy atom. The molecule has 1 fully saturated rings. The van der Waals surface area contributed by atoms with Crippen LogP contribution in [0.3, 0.4) is 0 Å². The van der Waals surface area contributed by atoms with Gasteiger partial charge in [0.15, 0.2) is 0 Å². The van der Waals surface area contributed by atoms with Crippen molar-refractivity contribution in [2.24, 2.45) is 0 Å². The molecular formula is C11H19NO4. The molecule has 1 aliphatic rings. The first-order valence-corrected chi connectivity index (χ1v) is 5.30. The van der Waals surface area contributed by atoms with Gasteiger partial charge in [-0.3, -0.25) is 4.90 Å². The van der Waals surface area contributed by atoms with Gasteiger partial charge in [0.25, 0.3) is 0 Å². The van der Waals surface area contributed by atoms with Crippen LogP contribution < -0.4 is 0 Å². The van der Waals surface area contributed by atoms with Gasteiger partial charge in [-0.05, 0) is 34.1 Å². The average Bonchev–Trinajstić information content (AvgIpc) is 2.10. The second-order valence-corrected chi connectivity index (χ2v) is 5.15. The van der Waals surface area contributed by atoms with E-state index >= 15 is 0 Å². The number of carbonyl (C=O) groups excluding carboxylic acids is 2. The Balaban J connectivity index is 2.69. The van der Waals surface area contributed by atoms with E-state index in [2.05, 4.69) is 4.74 Å². The van der Waals surface area contributed by atoms with Gasteiger partial charge < -0.3 is 9.47 Å². The van der Waals surface area contributed by atoms with Gasteiger partial charge in [0, 0.05) is 6.54 Å². The van der Waals surface area contributed by atoms with E-state index in [0.29, 0.717) is 13.0 Å². The molecule has 0 N–H and O–H groups in total. The second kappa shape index (κ2) is 3.96. The highest BCUT2D eigenvalue weighted by Gasteiger charge is 2.51. The lowest BCUT2D eigenvalue weighted by Gasteiger charge is -2.47. The van der Waals surface area contributed by atoms with Crippen molar-refractivity contribution in [3.63, 3.8) is 0 Å². The van der Waals surface area contributed by atoms with Crippen LogP contribution in [0, 0.1) is 0 Å². The van der Waals surface area contributed by atoms with Crippen molar-refractivity contribution in [2.45, 2.75) is 45.3 Å². The maximum absolute atomic E-state index is 11.8. The summed E-state index contributed by atoms with van der Waals surface area (Å²) >= 11 is 0. The summed E-state index contributed by atoms with van der Waals surface area (Å²) in [4.78, 5) is 24.7. The lowest BCUT2D eigenvalue weighted by Crippen LogP contribution is -2.65. The fourth-order valence-electron chi connectivity index (χ4n) is 1.60. The van der Waals surface area contributed by atoms with Crippen molar-refractivity contribution >= 4 is 12.1 Å². The van der Waals surface area contributed by atoms with Crippen molar-refractivity contribution in [1.29, 1.82) is 0 Å². The van der Waals surface area contributed by atoms with E-state index in [1.54, 1.807) is 27.7 Å². The quantitative estimate of drug-likeness (QED) is 0.640. The zero-order chi connectivity index (χ0) is 12.6. The van der Waals surface area contributed by atoms with Crippen molar-refractivity contribution in [3.05, 3.63) is 0 Å². The summed E-state index contributed by atoms with van der Waals surface area (Å²) in [6.07, 6.45) is 0.144. The summed E-state index contributed by atoms with van der Waals surface area (Å²) in [6.45, 7) is 7.59. The number of nitrogens with zero attached hydrogens (tertiary/aromatic N) is 1. The number of esters is 1. The number of methoxy groups -OCH3 is 1. The standard InChI is InChI=1S/C11H19NO4/c1-10(2,3)16-9(14)12-7-6-11(12,4)8(13)15-5/h6-7H2,1-5H3/t11-/m0/s1. The van der Waals surface area contributed by atoms with Gasteiger partial charge in [-0.2, -0.15) is 0 Å². The van der Waals surface area contributed by atoms with Crippen LogP contribution in [-0.4, -0.2) is 41.8 Å². The van der Waals surface area contributed by atoms with Crippen LogP contribution in [0.5, 0.6) is 0 Å². The van der Waals surface area contributed by atoms with Crippen molar-refractivity contribution in [3.8, 4) is 0 Å². The van der Waals surface area contributed by atoms with E-state index in [4.69, 9.17) is 4.74 Å². The van der Waals surface area contributed by atoms with E-state index < -0.39 is 23.2 Å². The molecular weight excluding hydrogens is 210 g/mol. The third kappa shape index (κ3) is 2.28. The van der Waals surface area contributed by atoms with Crippen LogP contribution in [0.25, 0.3) is 0 Å². The summed E-state index contributed by atoms with van der Waals surface area (Å²) < 4.78 is 9.89. The van der Waals surface area contributed by atoms with Gasteiger partial charge in [0.05, 0.1) is 7.11 Å². The molecule has 16 heavy (non-hydrogen) atoms. The minimum absolute atomic E-state index is 0.399. The number of likely N-dealkylation sites (tertiary alicyclic amines) is 1. The molecule has 1 saturated heterocycles. The Hall–Kier alpha value is -1.26. The molecule has 0 aromatic rings. The summed E-state index contributed by atoms with van der Waals surface area (Å²) in [5.41, 5.74) is -1.42. The highest BCUT2D eigenvalue weighted by atomic mass is 16.6. The van der Waals surface area contributed by atoms with Gasteiger partial charge in [-0.25, -0.2) is 9.59 Å². The van der Waals surface area contributed by atoms with Gasteiger partial charge in [-0.15, -0.1) is 0 Å². The first kappa shape index (κ1) is 12.8. The molecule has 0 bridgehead atoms. The summed E-state index contributed by atoms with van der Waals surface area (Å²) in [5, 5.41) is 0. The van der Waals surface area contributed by atoms with E-state index in [-0.39, 0.29) is 0 Å². The number of carbonyl (C=O) groups is 2. The van der Waals surface area contributed by atoms with E-state index in [9.17, 15) is 9.59 Å². The summed E-state index contributed by atoms with van der Waals surface area (Å²) in [7, 11) is 1.32. The minimum atomic E-state index is -0.864. The molecule has 1 atom stereocenters. The van der Waals surface area contributed by atoms with Crippen LogP contribution >= 0.6 is 0 Å². The molecule has 0 spiro atoms. The number of ether oxygens (including phenoxy) is 2. The molecule has 92 valence electrons. The van der Waals surface area contributed by atoms with Crippen LogP contribution in [0.1, 0.15) is 34.1 Å². The topological polar surface area (TPSA) is 55.8 Å². The van der Waals surface area contributed by atoms with Crippen LogP contribution in [0.4, 0.5) is 4.79 Å². The van der Waals surface area contributed by atoms with E-state index in [1.165, 1.54) is 12.0 Å². The molecule has 0 aromatic carbocycles. The van der Waals surface area contributed by atoms with E-state index in [0.717, 1.165) is 0 Å². The van der Waals surface area contributed by atoms with Crippen LogP contribution in [0.15, 0.2) is 0 Å². The molecule has 1 amide bonds. The number of amides is 1. The van der Waals surface area contributed by atoms with Gasteiger partial charge in [0.2, 0.25) is 0 Å². The third-order valence-corrected chi connectivity index (χ3v) is 2.66. The molecule has 1 rings (SSSR count). The SMILES string of the molecule is COC(=O)[C@]1(C)CCN1C(=O)OC(C)(C)C. The smallest absolute Gasteiger partial charge is 0.411 e. The average molecular weight is 229 g/mol. The molecule has 0 radical (unpaired) electrons. The highest BCUT2D eigenvalue weighted by molar-refractivity contribution is 5.87. The first-order valence-electron chi connectivity index (χ1n) is 5.30. The molecule has 1 aliphatic heterocycles. The Morgan fingerprint density at radius 1 is 1.31 bits per heavy atom. The Bertz CT molecular complexity index is 308. The largest absolute Gasteiger partial charge is 0.467 e. The number of hydrogen-bond acceptors (Lipinski definition) is 4. The molecule has 5 heteroatoms. The summed E-state index contributed by atoms with van der Waals surface area (Å²) in [6, 6.07) is 0. The lowest BCUT2D eigenvalue weighted by molar-refractivity contribution is -0.161. The third-order valence-electron chi connectivity index (χ3n) is 2.66. The second-order valence-electron chi connectivity index (χ2n) is 5.15. The Labute approximate surface area is 95.7 Å². The van der Waals surface area contributed by atoms with Gasteiger partial charge >= 0.3 is 12.1 Å². The molecule has 1 heterocycles. The molecule has 0 unspecified atom stereocenters. The lowest BCUT2D eigenvalue weighted by atomic mass is 9.87. The Morgan fingerprint density at radius 2 is 1.88 bits per heavy atom. The maximum atomic E-state index is 11.8. The monoisotopic (exact) mass is 229 g/mol. The van der Waals surface area contributed by atoms with Crippen molar-refractivity contribution in [1.82, 2.24) is 4.90 Å². The normalized spacial score (nSPS) is 24.7. The van der Waals surface area contributed by atoms with Crippen molar-refractivity contribution in [2.75, 3.05) is 13.7 Å². The number of hydrogen-bond donors (Lipinski definition) is 0. The molecule has 0 aliphatic carbocycles. The fraction of sp³-hybridized carbons (Fsp3) is 0.818. The maximum Gasteiger partial charge on any atom is 0.411 e. The molecule has 0 saturated carbocycles. The predicted molar refractivity (Wildman–Crippen MR) is 58.0 cm³/mol. The summed E-state index contributed by atoms with van der Waals surface area (Å²) in [5.74, 6) is -0.399. The first-order chi connectivity index (χ1) is 7.20. The minimum Gasteiger partial charge on any atom is -0.467 e. The predicted octanol–water partition coefficient (Wildman–Crippen LogP) is 1.56.